The van der Waals surface area contributed by atoms with Gasteiger partial charge in [0.25, 0.3) is 5.56 Å². The van der Waals surface area contributed by atoms with Crippen molar-refractivity contribution < 1.29 is 23.4 Å². The number of benzene rings is 2. The zero-order valence-electron chi connectivity index (χ0n) is 21.3. The zero-order chi connectivity index (χ0) is 28.2. The lowest BCUT2D eigenvalue weighted by Gasteiger charge is -2.14. The molecule has 0 amide bonds. The number of aromatic amines is 1. The van der Waals surface area contributed by atoms with Crippen molar-refractivity contribution in [1.82, 2.24) is 25.0 Å². The third-order valence-electron chi connectivity index (χ3n) is 6.28. The number of nitrogens with zero attached hydrogens (tertiary/aromatic N) is 4. The molecule has 0 aliphatic rings. The molecule has 2 aromatic carbocycles. The van der Waals surface area contributed by atoms with Gasteiger partial charge in [-0.15, -0.1) is 0 Å². The Morgan fingerprint density at radius 2 is 1.90 bits per heavy atom. The highest BCUT2D eigenvalue weighted by Gasteiger charge is 2.19. The van der Waals surface area contributed by atoms with Gasteiger partial charge in [-0.05, 0) is 54.4 Å². The number of pyridine rings is 1. The number of ether oxygens (including phenoxy) is 1. The Kier molecular flexibility index (Phi) is 7.60. The van der Waals surface area contributed by atoms with E-state index in [2.05, 4.69) is 25.6 Å². The average molecular weight is 547 g/mol. The normalized spacial score (nSPS) is 11.9. The summed E-state index contributed by atoms with van der Waals surface area (Å²) in [5.74, 6) is -1.11. The molecule has 3 N–H and O–H groups in total. The summed E-state index contributed by atoms with van der Waals surface area (Å²) in [6.07, 6.45) is 3.19. The minimum Gasteiger partial charge on any atom is -0.453 e. The number of fused-ring (bicyclic) bond motifs is 1. The standard InChI is InChI=1S/C28H24F2N6O4/c1-2-18(15-37)33-27-25-24(10-11-31-26(25)34-35-27)40-23-8-3-16(13-21(23)30)14-22(38)20-9-12-32-36(28(20)39)19-6-4-17(29)5-7-19/h3-13,18,37H,2,14-15H2,1H3,(H2,31,33,34,35)/t18-/m0/s1. The molecule has 3 heterocycles. The monoisotopic (exact) mass is 546 g/mol. The topological polar surface area (TPSA) is 135 Å². The smallest absolute Gasteiger partial charge is 0.282 e. The summed E-state index contributed by atoms with van der Waals surface area (Å²) in [6, 6.07) is 11.8. The van der Waals surface area contributed by atoms with Crippen molar-refractivity contribution in [2.75, 3.05) is 11.9 Å². The van der Waals surface area contributed by atoms with Crippen LogP contribution >= 0.6 is 0 Å². The molecular formula is C28H24F2N6O4. The Hall–Kier alpha value is -4.97. The molecular weight excluding hydrogens is 522 g/mol. The van der Waals surface area contributed by atoms with Crippen LogP contribution in [0.5, 0.6) is 11.5 Å². The highest BCUT2D eigenvalue weighted by Crippen LogP contribution is 2.34. The van der Waals surface area contributed by atoms with Gasteiger partial charge in [0.05, 0.1) is 23.9 Å². The quantitative estimate of drug-likeness (QED) is 0.222. The number of aliphatic hydroxyl groups is 1. The largest absolute Gasteiger partial charge is 0.453 e. The lowest BCUT2D eigenvalue weighted by molar-refractivity contribution is 0.0991. The van der Waals surface area contributed by atoms with Crippen molar-refractivity contribution in [3.63, 3.8) is 0 Å². The fourth-order valence-corrected chi connectivity index (χ4v) is 4.11. The summed E-state index contributed by atoms with van der Waals surface area (Å²) in [6.45, 7) is 1.81. The van der Waals surface area contributed by atoms with E-state index in [0.717, 1.165) is 4.68 Å². The van der Waals surface area contributed by atoms with E-state index >= 15 is 4.39 Å². The van der Waals surface area contributed by atoms with Gasteiger partial charge in [-0.3, -0.25) is 14.7 Å². The molecule has 12 heteroatoms. The SMILES string of the molecule is CC[C@@H](CO)Nc1n[nH]c2nccc(Oc3ccc(CC(=O)c4ccnn(-c5ccc(F)cc5)c4=O)cc3F)c12. The van der Waals surface area contributed by atoms with Gasteiger partial charge in [0.15, 0.2) is 28.8 Å². The second-order valence-corrected chi connectivity index (χ2v) is 8.94. The van der Waals surface area contributed by atoms with Gasteiger partial charge < -0.3 is 15.2 Å². The van der Waals surface area contributed by atoms with E-state index in [4.69, 9.17) is 4.74 Å². The Bertz CT molecular complexity index is 1730. The first-order chi connectivity index (χ1) is 19.4. The van der Waals surface area contributed by atoms with E-state index < -0.39 is 23.0 Å². The molecule has 0 radical (unpaired) electrons. The first-order valence-corrected chi connectivity index (χ1v) is 12.4. The van der Waals surface area contributed by atoms with Crippen molar-refractivity contribution in [1.29, 1.82) is 0 Å². The predicted molar refractivity (Wildman–Crippen MR) is 143 cm³/mol. The van der Waals surface area contributed by atoms with Crippen LogP contribution in [0.2, 0.25) is 0 Å². The van der Waals surface area contributed by atoms with Crippen LogP contribution in [0.1, 0.15) is 29.3 Å². The first-order valence-electron chi connectivity index (χ1n) is 12.4. The molecule has 5 rings (SSSR count). The number of carbonyl (C=O) groups is 1. The number of nitrogens with one attached hydrogen (secondary N) is 2. The maximum atomic E-state index is 15.1. The molecule has 40 heavy (non-hydrogen) atoms. The Balaban J connectivity index is 1.36. The first kappa shape index (κ1) is 26.6. The molecule has 5 aromatic rings. The van der Waals surface area contributed by atoms with Crippen molar-refractivity contribution in [3.05, 3.63) is 100 Å². The van der Waals surface area contributed by atoms with E-state index in [0.29, 0.717) is 34.5 Å². The fourth-order valence-electron chi connectivity index (χ4n) is 4.11. The molecule has 0 aliphatic carbocycles. The molecule has 1 atom stereocenters. The second kappa shape index (κ2) is 11.4. The van der Waals surface area contributed by atoms with Crippen molar-refractivity contribution >= 4 is 22.6 Å². The van der Waals surface area contributed by atoms with Crippen LogP contribution in [-0.2, 0) is 6.42 Å². The molecule has 0 unspecified atom stereocenters. The van der Waals surface area contributed by atoms with Crippen LogP contribution in [0.4, 0.5) is 14.6 Å². The van der Waals surface area contributed by atoms with Gasteiger partial charge in [0.1, 0.15) is 17.0 Å². The number of rotatable bonds is 10. The number of hydrogen-bond donors (Lipinski definition) is 3. The van der Waals surface area contributed by atoms with E-state index in [1.807, 2.05) is 6.92 Å². The van der Waals surface area contributed by atoms with Gasteiger partial charge in [-0.25, -0.2) is 13.8 Å². The van der Waals surface area contributed by atoms with Crippen molar-refractivity contribution in [3.8, 4) is 17.2 Å². The summed E-state index contributed by atoms with van der Waals surface area (Å²) >= 11 is 0. The lowest BCUT2D eigenvalue weighted by Crippen LogP contribution is -2.27. The number of hydrogen-bond acceptors (Lipinski definition) is 8. The number of Topliss-reactive ketones (excluding diaryl/α,β-unsaturated/α-hetero) is 1. The highest BCUT2D eigenvalue weighted by molar-refractivity contribution is 5.97. The molecule has 0 saturated carbocycles. The van der Waals surface area contributed by atoms with Crippen LogP contribution in [-0.4, -0.2) is 48.5 Å². The number of H-pyrrole nitrogens is 1. The van der Waals surface area contributed by atoms with E-state index in [9.17, 15) is 19.1 Å². The maximum absolute atomic E-state index is 15.1. The summed E-state index contributed by atoms with van der Waals surface area (Å²) in [7, 11) is 0. The van der Waals surface area contributed by atoms with Gasteiger partial charge in [-0.1, -0.05) is 13.0 Å². The van der Waals surface area contributed by atoms with Gasteiger partial charge >= 0.3 is 0 Å². The van der Waals surface area contributed by atoms with Crippen LogP contribution < -0.4 is 15.6 Å². The highest BCUT2D eigenvalue weighted by atomic mass is 19.1. The van der Waals surface area contributed by atoms with Crippen LogP contribution in [0, 0.1) is 11.6 Å². The zero-order valence-corrected chi connectivity index (χ0v) is 21.3. The number of ketones is 1. The molecule has 0 aliphatic heterocycles. The van der Waals surface area contributed by atoms with Crippen LogP contribution in [0.15, 0.2) is 71.8 Å². The summed E-state index contributed by atoms with van der Waals surface area (Å²) in [5.41, 5.74) is 0.249. The predicted octanol–water partition coefficient (Wildman–Crippen LogP) is 4.18. The molecule has 0 bridgehead atoms. The Morgan fingerprint density at radius 1 is 1.10 bits per heavy atom. The minimum absolute atomic E-state index is 0.0902. The molecule has 204 valence electrons. The minimum atomic E-state index is -0.714. The summed E-state index contributed by atoms with van der Waals surface area (Å²) in [5, 5.41) is 24.1. The summed E-state index contributed by atoms with van der Waals surface area (Å²) < 4.78 is 35.2. The van der Waals surface area contributed by atoms with Crippen molar-refractivity contribution in [2.45, 2.75) is 25.8 Å². The number of aromatic nitrogens is 5. The summed E-state index contributed by atoms with van der Waals surface area (Å²) in [4.78, 5) is 30.1. The molecule has 0 saturated heterocycles. The number of aliphatic hydroxyl groups excluding tert-OH is 1. The third kappa shape index (κ3) is 5.43. The fraction of sp³-hybridized carbons (Fsp3) is 0.179. The van der Waals surface area contributed by atoms with Gasteiger partial charge in [0, 0.05) is 24.9 Å². The van der Waals surface area contributed by atoms with E-state index in [1.165, 1.54) is 60.9 Å². The molecule has 10 nitrogen and oxygen atoms in total. The van der Waals surface area contributed by atoms with Gasteiger partial charge in [0.2, 0.25) is 0 Å². The third-order valence-corrected chi connectivity index (χ3v) is 6.28. The lowest BCUT2D eigenvalue weighted by atomic mass is 10.0. The van der Waals surface area contributed by atoms with Crippen LogP contribution in [0.3, 0.4) is 0 Å². The van der Waals surface area contributed by atoms with Crippen LogP contribution in [0.25, 0.3) is 16.7 Å². The maximum Gasteiger partial charge on any atom is 0.282 e. The average Bonchev–Trinajstić information content (AvgIpc) is 3.37. The molecule has 3 aromatic heterocycles. The number of halogens is 2. The molecule has 0 fully saturated rings. The molecule has 0 spiro atoms. The number of anilines is 1. The van der Waals surface area contributed by atoms with E-state index in [1.54, 1.807) is 6.07 Å². The van der Waals surface area contributed by atoms with E-state index in [-0.39, 0.29) is 36.1 Å². The second-order valence-electron chi connectivity index (χ2n) is 8.94. The van der Waals surface area contributed by atoms with Crippen molar-refractivity contribution in [2.24, 2.45) is 0 Å². The Labute approximate surface area is 226 Å². The van der Waals surface area contributed by atoms with Gasteiger partial charge in [-0.2, -0.15) is 14.9 Å². The Morgan fingerprint density at radius 3 is 2.62 bits per heavy atom. The number of carbonyl (C=O) groups excluding carboxylic acids is 1.